The van der Waals surface area contributed by atoms with E-state index in [1.54, 1.807) is 13.8 Å². The normalized spacial score (nSPS) is 10.4. The highest BCUT2D eigenvalue weighted by atomic mass is 16.5. The van der Waals surface area contributed by atoms with Gasteiger partial charge in [-0.25, -0.2) is 14.3 Å². The number of nitrogens with zero attached hydrogens (tertiary/aromatic N) is 1. The standard InChI is InChI=1S/C14H15NO4/c1-3-18-13(16)12-10(2)15(19-14(12)17)9-11-7-5-4-6-8-11/h4-8H,3,9H2,1-2H3. The Balaban J connectivity index is 2.32. The minimum absolute atomic E-state index is 0.0298. The van der Waals surface area contributed by atoms with Crippen molar-refractivity contribution in [1.29, 1.82) is 0 Å². The summed E-state index contributed by atoms with van der Waals surface area (Å²) in [6, 6.07) is 9.55. The predicted molar refractivity (Wildman–Crippen MR) is 69.2 cm³/mol. The van der Waals surface area contributed by atoms with Crippen LogP contribution in [0, 0.1) is 6.92 Å². The van der Waals surface area contributed by atoms with E-state index in [0.717, 1.165) is 5.56 Å². The highest BCUT2D eigenvalue weighted by Crippen LogP contribution is 2.10. The lowest BCUT2D eigenvalue weighted by atomic mass is 10.2. The molecule has 2 rings (SSSR count). The Kier molecular flexibility index (Phi) is 3.85. The Morgan fingerprint density at radius 1 is 1.32 bits per heavy atom. The Morgan fingerprint density at radius 2 is 2.00 bits per heavy atom. The number of hydrogen-bond acceptors (Lipinski definition) is 4. The Bertz CT molecular complexity index is 625. The van der Waals surface area contributed by atoms with Crippen LogP contribution in [0.1, 0.15) is 28.5 Å². The number of hydrogen-bond donors (Lipinski definition) is 0. The van der Waals surface area contributed by atoms with Crippen LogP contribution in [0.4, 0.5) is 0 Å². The lowest BCUT2D eigenvalue weighted by molar-refractivity contribution is 0.0523. The third-order valence-corrected chi connectivity index (χ3v) is 2.78. The van der Waals surface area contributed by atoms with E-state index in [1.165, 1.54) is 4.74 Å². The van der Waals surface area contributed by atoms with Crippen LogP contribution in [-0.2, 0) is 11.3 Å². The second-order valence-corrected chi connectivity index (χ2v) is 4.08. The zero-order valence-electron chi connectivity index (χ0n) is 10.9. The zero-order valence-corrected chi connectivity index (χ0v) is 10.9. The average Bonchev–Trinajstić information content (AvgIpc) is 2.66. The number of benzene rings is 1. The van der Waals surface area contributed by atoms with Crippen LogP contribution in [0.15, 0.2) is 39.6 Å². The van der Waals surface area contributed by atoms with Crippen LogP contribution in [0.25, 0.3) is 0 Å². The molecule has 5 heteroatoms. The van der Waals surface area contributed by atoms with Crippen LogP contribution in [-0.4, -0.2) is 17.3 Å². The first kappa shape index (κ1) is 13.1. The van der Waals surface area contributed by atoms with Crippen LogP contribution >= 0.6 is 0 Å². The number of aromatic nitrogens is 1. The molecule has 5 nitrogen and oxygen atoms in total. The third-order valence-electron chi connectivity index (χ3n) is 2.78. The molecule has 1 aromatic heterocycles. The summed E-state index contributed by atoms with van der Waals surface area (Å²) in [4.78, 5) is 23.3. The summed E-state index contributed by atoms with van der Waals surface area (Å²) in [7, 11) is 0. The van der Waals surface area contributed by atoms with E-state index in [2.05, 4.69) is 0 Å². The van der Waals surface area contributed by atoms with Crippen LogP contribution in [0.3, 0.4) is 0 Å². The number of rotatable bonds is 4. The van der Waals surface area contributed by atoms with Crippen LogP contribution in [0.5, 0.6) is 0 Å². The predicted octanol–water partition coefficient (Wildman–Crippen LogP) is 1.97. The summed E-state index contributed by atoms with van der Waals surface area (Å²) in [5.74, 6) is -0.638. The van der Waals surface area contributed by atoms with Crippen molar-refractivity contribution in [3.05, 3.63) is 57.6 Å². The van der Waals surface area contributed by atoms with Crippen molar-refractivity contribution in [3.8, 4) is 0 Å². The molecule has 0 bridgehead atoms. The topological polar surface area (TPSA) is 61.4 Å². The molecule has 0 N–H and O–H groups in total. The van der Waals surface area contributed by atoms with Crippen molar-refractivity contribution in [2.24, 2.45) is 0 Å². The van der Waals surface area contributed by atoms with Gasteiger partial charge in [-0.15, -0.1) is 0 Å². The maximum atomic E-state index is 11.7. The smallest absolute Gasteiger partial charge is 0.372 e. The second kappa shape index (κ2) is 5.56. The Labute approximate surface area is 110 Å². The quantitative estimate of drug-likeness (QED) is 0.789. The number of ether oxygens (including phenoxy) is 1. The van der Waals surface area contributed by atoms with E-state index in [0.29, 0.717) is 12.2 Å². The Morgan fingerprint density at radius 3 is 2.63 bits per heavy atom. The van der Waals surface area contributed by atoms with Crippen molar-refractivity contribution in [1.82, 2.24) is 4.74 Å². The molecule has 0 saturated heterocycles. The molecular formula is C14H15NO4. The monoisotopic (exact) mass is 261 g/mol. The SMILES string of the molecule is CCOC(=O)c1c(C)n(Cc2ccccc2)oc1=O. The Hall–Kier alpha value is -2.30. The molecule has 0 amide bonds. The molecule has 1 heterocycles. The fourth-order valence-electron chi connectivity index (χ4n) is 1.82. The summed E-state index contributed by atoms with van der Waals surface area (Å²) in [6.07, 6.45) is 0. The summed E-state index contributed by atoms with van der Waals surface area (Å²) in [5.41, 5.74) is 0.775. The van der Waals surface area contributed by atoms with Crippen molar-refractivity contribution in [2.45, 2.75) is 20.4 Å². The molecule has 0 radical (unpaired) electrons. The largest absolute Gasteiger partial charge is 0.462 e. The molecule has 1 aromatic carbocycles. The maximum Gasteiger partial charge on any atom is 0.372 e. The first-order valence-electron chi connectivity index (χ1n) is 6.05. The summed E-state index contributed by atoms with van der Waals surface area (Å²) >= 11 is 0. The van der Waals surface area contributed by atoms with Gasteiger partial charge in [-0.2, -0.15) is 0 Å². The highest BCUT2D eigenvalue weighted by Gasteiger charge is 2.21. The van der Waals surface area contributed by atoms with Crippen molar-refractivity contribution < 1.29 is 14.1 Å². The van der Waals surface area contributed by atoms with E-state index in [-0.39, 0.29) is 12.2 Å². The molecule has 19 heavy (non-hydrogen) atoms. The van der Waals surface area contributed by atoms with Gasteiger partial charge in [0.2, 0.25) is 0 Å². The van der Waals surface area contributed by atoms with Gasteiger partial charge in [0.25, 0.3) is 0 Å². The van der Waals surface area contributed by atoms with Crippen molar-refractivity contribution in [2.75, 3.05) is 6.61 Å². The number of esters is 1. The number of carbonyl (C=O) groups excluding carboxylic acids is 1. The average molecular weight is 261 g/mol. The minimum Gasteiger partial charge on any atom is -0.462 e. The van der Waals surface area contributed by atoms with Gasteiger partial charge >= 0.3 is 11.6 Å². The van der Waals surface area contributed by atoms with Gasteiger partial charge in [0.1, 0.15) is 0 Å². The van der Waals surface area contributed by atoms with Gasteiger partial charge in [-0.3, -0.25) is 0 Å². The fraction of sp³-hybridized carbons (Fsp3) is 0.286. The van der Waals surface area contributed by atoms with E-state index in [9.17, 15) is 9.59 Å². The second-order valence-electron chi connectivity index (χ2n) is 4.08. The third kappa shape index (κ3) is 2.76. The molecule has 0 aliphatic rings. The van der Waals surface area contributed by atoms with E-state index in [4.69, 9.17) is 9.26 Å². The summed E-state index contributed by atoms with van der Waals surface area (Å²) < 4.78 is 11.3. The molecule has 0 spiro atoms. The van der Waals surface area contributed by atoms with Gasteiger partial charge in [0.15, 0.2) is 5.56 Å². The maximum absolute atomic E-state index is 11.7. The van der Waals surface area contributed by atoms with Crippen LogP contribution in [0.2, 0.25) is 0 Å². The fourth-order valence-corrected chi connectivity index (χ4v) is 1.82. The molecule has 2 aromatic rings. The molecule has 0 fully saturated rings. The van der Waals surface area contributed by atoms with E-state index < -0.39 is 11.6 Å². The molecular weight excluding hydrogens is 246 g/mol. The molecule has 0 saturated carbocycles. The molecule has 0 aliphatic carbocycles. The zero-order chi connectivity index (χ0) is 13.8. The van der Waals surface area contributed by atoms with Gasteiger partial charge in [-0.05, 0) is 19.4 Å². The van der Waals surface area contributed by atoms with E-state index >= 15 is 0 Å². The van der Waals surface area contributed by atoms with E-state index in [1.807, 2.05) is 30.3 Å². The van der Waals surface area contributed by atoms with Crippen LogP contribution < -0.4 is 5.63 Å². The van der Waals surface area contributed by atoms with Crippen molar-refractivity contribution >= 4 is 5.97 Å². The van der Waals surface area contributed by atoms with Gasteiger partial charge < -0.3 is 9.26 Å². The van der Waals surface area contributed by atoms with Crippen molar-refractivity contribution in [3.63, 3.8) is 0 Å². The summed E-state index contributed by atoms with van der Waals surface area (Å²) in [6.45, 7) is 3.98. The molecule has 0 aliphatic heterocycles. The van der Waals surface area contributed by atoms with Gasteiger partial charge in [-0.1, -0.05) is 30.3 Å². The number of carbonyl (C=O) groups is 1. The lowest BCUT2D eigenvalue weighted by Gasteiger charge is -2.04. The lowest BCUT2D eigenvalue weighted by Crippen LogP contribution is -2.14. The first-order valence-corrected chi connectivity index (χ1v) is 6.05. The molecule has 100 valence electrons. The van der Waals surface area contributed by atoms with Gasteiger partial charge in [0, 0.05) is 0 Å². The summed E-state index contributed by atoms with van der Waals surface area (Å²) in [5, 5.41) is 0. The molecule has 0 unspecified atom stereocenters. The highest BCUT2D eigenvalue weighted by molar-refractivity contribution is 5.90. The minimum atomic E-state index is -0.660. The van der Waals surface area contributed by atoms with Gasteiger partial charge in [0.05, 0.1) is 18.8 Å². The first-order chi connectivity index (χ1) is 9.13. The molecule has 0 atom stereocenters.